The van der Waals surface area contributed by atoms with Gasteiger partial charge in [-0.15, -0.1) is 12.4 Å². The number of nitrogens with one attached hydrogen (secondary N) is 2. The highest BCUT2D eigenvalue weighted by molar-refractivity contribution is 5.97. The van der Waals surface area contributed by atoms with Gasteiger partial charge >= 0.3 is 0 Å². The fourth-order valence-electron chi connectivity index (χ4n) is 2.03. The Balaban J connectivity index is 0.00000180. The van der Waals surface area contributed by atoms with E-state index in [9.17, 15) is 9.59 Å². The number of carbonyl (C=O) groups excluding carboxylic acids is 2. The topological polar surface area (TPSA) is 84.2 Å². The van der Waals surface area contributed by atoms with E-state index in [0.29, 0.717) is 11.1 Å². The Morgan fingerprint density at radius 2 is 1.84 bits per heavy atom. The van der Waals surface area contributed by atoms with Gasteiger partial charge in [0.05, 0.1) is 0 Å². The van der Waals surface area contributed by atoms with Gasteiger partial charge in [0, 0.05) is 23.7 Å². The molecule has 1 unspecified atom stereocenters. The van der Waals surface area contributed by atoms with Crippen molar-refractivity contribution in [1.29, 1.82) is 0 Å². The van der Waals surface area contributed by atoms with Crippen LogP contribution in [0.4, 0.5) is 0 Å². The summed E-state index contributed by atoms with van der Waals surface area (Å²) in [5.41, 5.74) is 6.10. The number of nitrogens with two attached hydrogens (primary N) is 1. The van der Waals surface area contributed by atoms with Crippen LogP contribution in [-0.2, 0) is 0 Å². The molecule has 1 aromatic carbocycles. The SMILES string of the molecule is Cl.NC(=O)c1ccc(C(=O)NC2CCCNC2)cc1. The zero-order chi connectivity index (χ0) is 13.0. The molecule has 1 heterocycles. The summed E-state index contributed by atoms with van der Waals surface area (Å²) in [6.45, 7) is 1.82. The van der Waals surface area contributed by atoms with Gasteiger partial charge in [-0.1, -0.05) is 0 Å². The fraction of sp³-hybridized carbons (Fsp3) is 0.385. The lowest BCUT2D eigenvalue weighted by molar-refractivity contribution is 0.0928. The molecule has 1 aliphatic rings. The Morgan fingerprint density at radius 3 is 2.37 bits per heavy atom. The standard InChI is InChI=1S/C13H17N3O2.ClH/c14-12(17)9-3-5-10(6-4-9)13(18)16-11-2-1-7-15-8-11;/h3-6,11,15H,1-2,7-8H2,(H2,14,17)(H,16,18);1H. The minimum absolute atomic E-state index is 0. The van der Waals surface area contributed by atoms with E-state index in [1.807, 2.05) is 0 Å². The predicted molar refractivity (Wildman–Crippen MR) is 75.6 cm³/mol. The number of piperidine rings is 1. The highest BCUT2D eigenvalue weighted by Gasteiger charge is 2.16. The molecule has 104 valence electrons. The van der Waals surface area contributed by atoms with Gasteiger partial charge in [-0.25, -0.2) is 0 Å². The number of halogens is 1. The summed E-state index contributed by atoms with van der Waals surface area (Å²) in [4.78, 5) is 22.9. The Bertz CT molecular complexity index is 442. The second-order valence-corrected chi connectivity index (χ2v) is 4.46. The first kappa shape index (κ1) is 15.5. The van der Waals surface area contributed by atoms with Gasteiger partial charge in [0.1, 0.15) is 0 Å². The van der Waals surface area contributed by atoms with Crippen molar-refractivity contribution in [3.63, 3.8) is 0 Å². The molecule has 1 aromatic rings. The number of rotatable bonds is 3. The smallest absolute Gasteiger partial charge is 0.251 e. The Kier molecular flexibility index (Phi) is 5.79. The molecule has 2 amide bonds. The van der Waals surface area contributed by atoms with Gasteiger partial charge in [-0.3, -0.25) is 9.59 Å². The van der Waals surface area contributed by atoms with E-state index in [1.165, 1.54) is 0 Å². The summed E-state index contributed by atoms with van der Waals surface area (Å²) in [7, 11) is 0. The molecule has 2 rings (SSSR count). The molecule has 1 fully saturated rings. The fourth-order valence-corrected chi connectivity index (χ4v) is 2.03. The molecular formula is C13H18ClN3O2. The van der Waals surface area contributed by atoms with E-state index in [0.717, 1.165) is 25.9 Å². The van der Waals surface area contributed by atoms with Crippen LogP contribution in [-0.4, -0.2) is 30.9 Å². The van der Waals surface area contributed by atoms with E-state index >= 15 is 0 Å². The van der Waals surface area contributed by atoms with Crippen molar-refractivity contribution >= 4 is 24.2 Å². The highest BCUT2D eigenvalue weighted by atomic mass is 35.5. The molecule has 0 radical (unpaired) electrons. The zero-order valence-corrected chi connectivity index (χ0v) is 11.3. The normalized spacial score (nSPS) is 18.2. The van der Waals surface area contributed by atoms with Gasteiger partial charge in [0.25, 0.3) is 5.91 Å². The molecule has 1 aliphatic heterocycles. The maximum Gasteiger partial charge on any atom is 0.251 e. The van der Waals surface area contributed by atoms with Crippen molar-refractivity contribution in [1.82, 2.24) is 10.6 Å². The summed E-state index contributed by atoms with van der Waals surface area (Å²) in [6.07, 6.45) is 2.07. The van der Waals surface area contributed by atoms with Crippen LogP contribution in [0.3, 0.4) is 0 Å². The summed E-state index contributed by atoms with van der Waals surface area (Å²) in [5, 5.41) is 6.21. The number of carbonyl (C=O) groups is 2. The van der Waals surface area contributed by atoms with Crippen LogP contribution >= 0.6 is 12.4 Å². The van der Waals surface area contributed by atoms with E-state index in [2.05, 4.69) is 10.6 Å². The van der Waals surface area contributed by atoms with Crippen LogP contribution in [0.25, 0.3) is 0 Å². The summed E-state index contributed by atoms with van der Waals surface area (Å²) in [5.74, 6) is -0.599. The van der Waals surface area contributed by atoms with Crippen LogP contribution in [0.2, 0.25) is 0 Å². The number of benzene rings is 1. The molecule has 19 heavy (non-hydrogen) atoms. The lowest BCUT2D eigenvalue weighted by Crippen LogP contribution is -2.45. The van der Waals surface area contributed by atoms with Crippen LogP contribution < -0.4 is 16.4 Å². The van der Waals surface area contributed by atoms with Gasteiger partial charge in [-0.05, 0) is 43.7 Å². The van der Waals surface area contributed by atoms with Crippen LogP contribution in [0.5, 0.6) is 0 Å². The largest absolute Gasteiger partial charge is 0.366 e. The molecule has 0 aromatic heterocycles. The van der Waals surface area contributed by atoms with Crippen molar-refractivity contribution in [2.45, 2.75) is 18.9 Å². The second-order valence-electron chi connectivity index (χ2n) is 4.46. The number of hydrogen-bond donors (Lipinski definition) is 3. The van der Waals surface area contributed by atoms with E-state index < -0.39 is 5.91 Å². The van der Waals surface area contributed by atoms with E-state index in [4.69, 9.17) is 5.73 Å². The lowest BCUT2D eigenvalue weighted by Gasteiger charge is -2.23. The third-order valence-electron chi connectivity index (χ3n) is 3.06. The van der Waals surface area contributed by atoms with E-state index in [-0.39, 0.29) is 24.4 Å². The van der Waals surface area contributed by atoms with Crippen LogP contribution in [0.1, 0.15) is 33.6 Å². The zero-order valence-electron chi connectivity index (χ0n) is 10.5. The first-order valence-corrected chi connectivity index (χ1v) is 6.08. The quantitative estimate of drug-likeness (QED) is 0.763. The molecule has 1 atom stereocenters. The molecule has 0 aliphatic carbocycles. The Hall–Kier alpha value is -1.59. The van der Waals surface area contributed by atoms with Gasteiger partial charge in [0.15, 0.2) is 0 Å². The molecule has 4 N–H and O–H groups in total. The molecule has 0 bridgehead atoms. The molecule has 5 nitrogen and oxygen atoms in total. The minimum Gasteiger partial charge on any atom is -0.366 e. The maximum atomic E-state index is 11.9. The summed E-state index contributed by atoms with van der Waals surface area (Å²) in [6, 6.07) is 6.55. The number of hydrogen-bond acceptors (Lipinski definition) is 3. The van der Waals surface area contributed by atoms with Crippen molar-refractivity contribution in [3.05, 3.63) is 35.4 Å². The minimum atomic E-state index is -0.488. The number of primary amides is 1. The molecular weight excluding hydrogens is 266 g/mol. The van der Waals surface area contributed by atoms with Crippen LogP contribution in [0, 0.1) is 0 Å². The molecule has 6 heteroatoms. The van der Waals surface area contributed by atoms with Crippen molar-refractivity contribution in [2.75, 3.05) is 13.1 Å². The van der Waals surface area contributed by atoms with E-state index in [1.54, 1.807) is 24.3 Å². The van der Waals surface area contributed by atoms with Crippen molar-refractivity contribution < 1.29 is 9.59 Å². The summed E-state index contributed by atoms with van der Waals surface area (Å²) < 4.78 is 0. The van der Waals surface area contributed by atoms with Crippen LogP contribution in [0.15, 0.2) is 24.3 Å². The summed E-state index contributed by atoms with van der Waals surface area (Å²) >= 11 is 0. The Morgan fingerprint density at radius 1 is 1.21 bits per heavy atom. The predicted octanol–water partition coefficient (Wildman–Crippen LogP) is 0.689. The molecule has 0 saturated carbocycles. The average Bonchev–Trinajstić information content (AvgIpc) is 2.40. The lowest BCUT2D eigenvalue weighted by atomic mass is 10.1. The maximum absolute atomic E-state index is 11.9. The third kappa shape index (κ3) is 4.22. The van der Waals surface area contributed by atoms with Gasteiger partial charge in [-0.2, -0.15) is 0 Å². The van der Waals surface area contributed by atoms with Crippen molar-refractivity contribution in [3.8, 4) is 0 Å². The average molecular weight is 284 g/mol. The molecule has 0 spiro atoms. The number of amides is 2. The monoisotopic (exact) mass is 283 g/mol. The third-order valence-corrected chi connectivity index (χ3v) is 3.06. The first-order chi connectivity index (χ1) is 8.66. The Labute approximate surface area is 118 Å². The van der Waals surface area contributed by atoms with Gasteiger partial charge in [0.2, 0.25) is 5.91 Å². The molecule has 1 saturated heterocycles. The second kappa shape index (κ2) is 7.11. The first-order valence-electron chi connectivity index (χ1n) is 6.08. The highest BCUT2D eigenvalue weighted by Crippen LogP contribution is 2.06. The van der Waals surface area contributed by atoms with Gasteiger partial charge < -0.3 is 16.4 Å². The van der Waals surface area contributed by atoms with Crippen molar-refractivity contribution in [2.24, 2.45) is 5.73 Å².